The molecule has 1 unspecified atom stereocenters. The standard InChI is InChI=1S/C14H20N2O3/c1-11-4-2-6-13(16(18)19)14(11)15-8-3-5-12(10-15)7-9-17/h2,4,6,12,17H,3,5,7-10H2,1H3. The molecule has 1 atom stereocenters. The molecule has 0 aromatic heterocycles. The third-order valence-electron chi connectivity index (χ3n) is 3.79. The molecule has 5 heteroatoms. The minimum atomic E-state index is -0.308. The highest BCUT2D eigenvalue weighted by molar-refractivity contribution is 5.67. The van der Waals surface area contributed by atoms with Crippen LogP contribution in [0, 0.1) is 23.0 Å². The number of hydrogen-bond donors (Lipinski definition) is 1. The van der Waals surface area contributed by atoms with Crippen molar-refractivity contribution in [3.63, 3.8) is 0 Å². The van der Waals surface area contributed by atoms with Gasteiger partial charge < -0.3 is 10.0 Å². The number of nitro benzene ring substituents is 1. The molecule has 1 heterocycles. The molecule has 0 amide bonds. The predicted molar refractivity (Wildman–Crippen MR) is 74.5 cm³/mol. The Morgan fingerprint density at radius 1 is 1.53 bits per heavy atom. The van der Waals surface area contributed by atoms with Crippen molar-refractivity contribution in [3.05, 3.63) is 33.9 Å². The van der Waals surface area contributed by atoms with Crippen LogP contribution in [-0.4, -0.2) is 29.7 Å². The summed E-state index contributed by atoms with van der Waals surface area (Å²) < 4.78 is 0. The number of aliphatic hydroxyl groups is 1. The maximum absolute atomic E-state index is 11.2. The molecule has 19 heavy (non-hydrogen) atoms. The normalized spacial score (nSPS) is 19.5. The average molecular weight is 264 g/mol. The number of hydrogen-bond acceptors (Lipinski definition) is 4. The van der Waals surface area contributed by atoms with Gasteiger partial charge in [-0.3, -0.25) is 10.1 Å². The molecule has 1 N–H and O–H groups in total. The Morgan fingerprint density at radius 2 is 2.32 bits per heavy atom. The summed E-state index contributed by atoms with van der Waals surface area (Å²) >= 11 is 0. The lowest BCUT2D eigenvalue weighted by molar-refractivity contribution is -0.384. The molecule has 1 aliphatic heterocycles. The first-order valence-corrected chi connectivity index (χ1v) is 6.73. The summed E-state index contributed by atoms with van der Waals surface area (Å²) in [4.78, 5) is 13.0. The molecule has 5 nitrogen and oxygen atoms in total. The Morgan fingerprint density at radius 3 is 3.00 bits per heavy atom. The molecular formula is C14H20N2O3. The Labute approximate surface area is 113 Å². The van der Waals surface area contributed by atoms with E-state index in [1.165, 1.54) is 0 Å². The number of aryl methyl sites for hydroxylation is 1. The van der Waals surface area contributed by atoms with Gasteiger partial charge in [0.15, 0.2) is 0 Å². The molecule has 1 saturated heterocycles. The number of para-hydroxylation sites is 1. The number of benzene rings is 1. The van der Waals surface area contributed by atoms with Crippen molar-refractivity contribution in [1.29, 1.82) is 0 Å². The summed E-state index contributed by atoms with van der Waals surface area (Å²) in [7, 11) is 0. The van der Waals surface area contributed by atoms with Crippen molar-refractivity contribution in [3.8, 4) is 0 Å². The highest BCUT2D eigenvalue weighted by atomic mass is 16.6. The fourth-order valence-electron chi connectivity index (χ4n) is 2.89. The summed E-state index contributed by atoms with van der Waals surface area (Å²) in [6, 6.07) is 5.21. The van der Waals surface area contributed by atoms with Crippen LogP contribution < -0.4 is 4.90 Å². The smallest absolute Gasteiger partial charge is 0.292 e. The molecule has 1 aliphatic rings. The number of aliphatic hydroxyl groups excluding tert-OH is 1. The average Bonchev–Trinajstić information content (AvgIpc) is 2.39. The molecule has 0 radical (unpaired) electrons. The highest BCUT2D eigenvalue weighted by Crippen LogP contribution is 2.34. The van der Waals surface area contributed by atoms with Gasteiger partial charge in [-0.25, -0.2) is 0 Å². The molecule has 104 valence electrons. The molecule has 1 fully saturated rings. The van der Waals surface area contributed by atoms with E-state index in [2.05, 4.69) is 4.90 Å². The second kappa shape index (κ2) is 6.02. The monoisotopic (exact) mass is 264 g/mol. The van der Waals surface area contributed by atoms with Crippen LogP contribution in [0.4, 0.5) is 11.4 Å². The zero-order valence-corrected chi connectivity index (χ0v) is 11.2. The van der Waals surface area contributed by atoms with Crippen molar-refractivity contribution in [1.82, 2.24) is 0 Å². The molecular weight excluding hydrogens is 244 g/mol. The first kappa shape index (κ1) is 13.8. The molecule has 1 aromatic carbocycles. The van der Waals surface area contributed by atoms with E-state index < -0.39 is 0 Å². The van der Waals surface area contributed by atoms with Crippen LogP contribution in [0.15, 0.2) is 18.2 Å². The Bertz CT molecular complexity index is 460. The topological polar surface area (TPSA) is 66.6 Å². The second-order valence-corrected chi connectivity index (χ2v) is 5.17. The fourth-order valence-corrected chi connectivity index (χ4v) is 2.89. The van der Waals surface area contributed by atoms with Crippen LogP contribution in [0.3, 0.4) is 0 Å². The molecule has 2 rings (SSSR count). The SMILES string of the molecule is Cc1cccc([N+](=O)[O-])c1N1CCCC(CCO)C1. The predicted octanol–water partition coefficient (Wildman–Crippen LogP) is 2.50. The van der Waals surface area contributed by atoms with Crippen molar-refractivity contribution < 1.29 is 10.0 Å². The Balaban J connectivity index is 2.28. The fraction of sp³-hybridized carbons (Fsp3) is 0.571. The van der Waals surface area contributed by atoms with Crippen LogP contribution in [0.1, 0.15) is 24.8 Å². The van der Waals surface area contributed by atoms with Gasteiger partial charge in [0.25, 0.3) is 5.69 Å². The number of nitrogens with zero attached hydrogens (tertiary/aromatic N) is 2. The van der Waals surface area contributed by atoms with Gasteiger partial charge in [0.1, 0.15) is 5.69 Å². The van der Waals surface area contributed by atoms with E-state index in [1.54, 1.807) is 12.1 Å². The van der Waals surface area contributed by atoms with Gasteiger partial charge in [-0.1, -0.05) is 12.1 Å². The van der Waals surface area contributed by atoms with Gasteiger partial charge in [0, 0.05) is 25.8 Å². The van der Waals surface area contributed by atoms with E-state index in [1.807, 2.05) is 13.0 Å². The summed E-state index contributed by atoms with van der Waals surface area (Å²) in [6.45, 7) is 3.76. The highest BCUT2D eigenvalue weighted by Gasteiger charge is 2.26. The number of rotatable bonds is 4. The zero-order valence-electron chi connectivity index (χ0n) is 11.2. The molecule has 0 bridgehead atoms. The summed E-state index contributed by atoms with van der Waals surface area (Å²) in [5.41, 5.74) is 1.87. The molecule has 0 spiro atoms. The van der Waals surface area contributed by atoms with E-state index in [0.29, 0.717) is 5.92 Å². The summed E-state index contributed by atoms with van der Waals surface area (Å²) in [5, 5.41) is 20.2. The van der Waals surface area contributed by atoms with Crippen LogP contribution >= 0.6 is 0 Å². The summed E-state index contributed by atoms with van der Waals surface area (Å²) in [6.07, 6.45) is 2.89. The van der Waals surface area contributed by atoms with E-state index in [4.69, 9.17) is 5.11 Å². The Hall–Kier alpha value is -1.62. The van der Waals surface area contributed by atoms with E-state index in [-0.39, 0.29) is 17.2 Å². The first-order valence-electron chi connectivity index (χ1n) is 6.73. The third kappa shape index (κ3) is 3.04. The van der Waals surface area contributed by atoms with Crippen molar-refractivity contribution >= 4 is 11.4 Å². The number of nitro groups is 1. The van der Waals surface area contributed by atoms with Gasteiger partial charge >= 0.3 is 0 Å². The summed E-state index contributed by atoms with van der Waals surface area (Å²) in [5.74, 6) is 0.429. The number of anilines is 1. The molecule has 1 aromatic rings. The molecule has 0 saturated carbocycles. The minimum Gasteiger partial charge on any atom is -0.396 e. The lowest BCUT2D eigenvalue weighted by Crippen LogP contribution is -2.36. The van der Waals surface area contributed by atoms with Gasteiger partial charge in [-0.05, 0) is 37.7 Å². The number of piperidine rings is 1. The van der Waals surface area contributed by atoms with Crippen molar-refractivity contribution in [2.75, 3.05) is 24.6 Å². The second-order valence-electron chi connectivity index (χ2n) is 5.17. The Kier molecular flexibility index (Phi) is 4.37. The quantitative estimate of drug-likeness (QED) is 0.670. The first-order chi connectivity index (χ1) is 9.13. The van der Waals surface area contributed by atoms with Crippen LogP contribution in [0.25, 0.3) is 0 Å². The van der Waals surface area contributed by atoms with E-state index >= 15 is 0 Å². The largest absolute Gasteiger partial charge is 0.396 e. The van der Waals surface area contributed by atoms with Crippen molar-refractivity contribution in [2.24, 2.45) is 5.92 Å². The zero-order chi connectivity index (χ0) is 13.8. The van der Waals surface area contributed by atoms with Gasteiger partial charge in [-0.2, -0.15) is 0 Å². The van der Waals surface area contributed by atoms with E-state index in [0.717, 1.165) is 43.6 Å². The third-order valence-corrected chi connectivity index (χ3v) is 3.79. The maximum atomic E-state index is 11.2. The molecule has 0 aliphatic carbocycles. The van der Waals surface area contributed by atoms with Crippen molar-refractivity contribution in [2.45, 2.75) is 26.2 Å². The maximum Gasteiger partial charge on any atom is 0.292 e. The van der Waals surface area contributed by atoms with Gasteiger partial charge in [0.2, 0.25) is 0 Å². The van der Waals surface area contributed by atoms with Gasteiger partial charge in [-0.15, -0.1) is 0 Å². The van der Waals surface area contributed by atoms with E-state index in [9.17, 15) is 10.1 Å². The van der Waals surface area contributed by atoms with Crippen LogP contribution in [0.5, 0.6) is 0 Å². The van der Waals surface area contributed by atoms with Crippen LogP contribution in [-0.2, 0) is 0 Å². The lowest BCUT2D eigenvalue weighted by Gasteiger charge is -2.34. The lowest BCUT2D eigenvalue weighted by atomic mass is 9.94. The van der Waals surface area contributed by atoms with Crippen LogP contribution in [0.2, 0.25) is 0 Å². The minimum absolute atomic E-state index is 0.185. The van der Waals surface area contributed by atoms with Gasteiger partial charge in [0.05, 0.1) is 4.92 Å².